The van der Waals surface area contributed by atoms with Crippen LogP contribution in [0.4, 0.5) is 17.1 Å². The van der Waals surface area contributed by atoms with Crippen molar-refractivity contribution in [2.75, 3.05) is 23.0 Å². The number of fused-ring (bicyclic) bond motifs is 3. The molecule has 3 aliphatic rings. The first-order chi connectivity index (χ1) is 23.0. The van der Waals surface area contributed by atoms with Crippen LogP contribution in [0.3, 0.4) is 0 Å². The molecule has 4 aromatic rings. The SMILES string of the molecule is C[C@H]1[C@H]([Si](C)(C)O)[C@@H](CCn2cc(CCO)nn2)O[C@]12C(=O)N(Cc1cccc(N3C(=O)COc4ccccc43)c1)c1ccc(Br)cc12. The lowest BCUT2D eigenvalue weighted by molar-refractivity contribution is -0.146. The summed E-state index contributed by atoms with van der Waals surface area (Å²) in [6.07, 6.45) is 2.37. The van der Waals surface area contributed by atoms with Crippen LogP contribution in [0.1, 0.15) is 30.2 Å². The third-order valence-corrected chi connectivity index (χ3v) is 12.8. The Labute approximate surface area is 288 Å². The van der Waals surface area contributed by atoms with Crippen LogP contribution in [0, 0.1) is 5.92 Å². The molecule has 0 bridgehead atoms. The van der Waals surface area contributed by atoms with Gasteiger partial charge in [-0.05, 0) is 67.5 Å². The standard InChI is InChI=1S/C35H38BrN5O6Si/c1-22-33(48(2,3)45)31(13-15-39-20-25(14-16-42)37-38-39)47-35(22)27-18-24(36)11-12-28(27)40(34(35)44)19-23-7-6-8-26(17-23)41-29-9-4-5-10-30(29)46-21-32(41)43/h4-12,17-18,20,22,31,33,42,45H,13-16,19,21H2,1-3H3/t22-,31+,33-,35+/m0/s1. The van der Waals surface area contributed by atoms with Gasteiger partial charge in [-0.3, -0.25) is 19.2 Å². The lowest BCUT2D eigenvalue weighted by Gasteiger charge is -2.32. The molecule has 4 heterocycles. The molecule has 1 spiro atoms. The van der Waals surface area contributed by atoms with Gasteiger partial charge in [-0.2, -0.15) is 0 Å². The highest BCUT2D eigenvalue weighted by atomic mass is 79.9. The minimum Gasteiger partial charge on any atom is -0.482 e. The first-order valence-corrected chi connectivity index (χ1v) is 20.0. The van der Waals surface area contributed by atoms with E-state index < -0.39 is 20.0 Å². The topological polar surface area (TPSA) is 130 Å². The summed E-state index contributed by atoms with van der Waals surface area (Å²) in [6, 6.07) is 20.9. The molecule has 0 unspecified atom stereocenters. The van der Waals surface area contributed by atoms with Gasteiger partial charge in [-0.25, -0.2) is 0 Å². The largest absolute Gasteiger partial charge is 0.482 e. The number of halogens is 1. The quantitative estimate of drug-likeness (QED) is 0.229. The fraction of sp³-hybridized carbons (Fsp3) is 0.371. The lowest BCUT2D eigenvalue weighted by Crippen LogP contribution is -2.46. The summed E-state index contributed by atoms with van der Waals surface area (Å²) >= 11 is 3.63. The summed E-state index contributed by atoms with van der Waals surface area (Å²) in [7, 11) is -2.85. The number of anilines is 3. The van der Waals surface area contributed by atoms with Crippen LogP contribution in [0.2, 0.25) is 18.6 Å². The Morgan fingerprint density at radius 1 is 1.06 bits per heavy atom. The second-order valence-corrected chi connectivity index (χ2v) is 18.2. The van der Waals surface area contributed by atoms with E-state index in [0.29, 0.717) is 42.2 Å². The maximum absolute atomic E-state index is 14.9. The number of amides is 2. The molecule has 0 saturated carbocycles. The minimum absolute atomic E-state index is 0.00594. The molecule has 1 saturated heterocycles. The smallest absolute Gasteiger partial charge is 0.269 e. The highest BCUT2D eigenvalue weighted by Gasteiger charge is 2.66. The molecule has 1 aromatic heterocycles. The van der Waals surface area contributed by atoms with Crippen molar-refractivity contribution in [1.82, 2.24) is 15.0 Å². The van der Waals surface area contributed by atoms with E-state index in [0.717, 1.165) is 21.3 Å². The number of aliphatic hydroxyl groups is 1. The average Bonchev–Trinajstić information content (AvgIpc) is 3.70. The monoisotopic (exact) mass is 731 g/mol. The molecule has 2 amide bonds. The van der Waals surface area contributed by atoms with Crippen molar-refractivity contribution in [2.45, 2.75) is 63.2 Å². The van der Waals surface area contributed by atoms with Gasteiger partial charge in [0.1, 0.15) is 5.75 Å². The van der Waals surface area contributed by atoms with E-state index in [4.69, 9.17) is 9.47 Å². The third kappa shape index (κ3) is 5.56. The van der Waals surface area contributed by atoms with Crippen molar-refractivity contribution in [1.29, 1.82) is 0 Å². The van der Waals surface area contributed by atoms with Crippen LogP contribution in [0.15, 0.2) is 77.4 Å². The van der Waals surface area contributed by atoms with Crippen molar-refractivity contribution in [3.8, 4) is 5.75 Å². The zero-order valence-corrected chi connectivity index (χ0v) is 29.6. The van der Waals surface area contributed by atoms with Gasteiger partial charge < -0.3 is 24.3 Å². The highest BCUT2D eigenvalue weighted by Crippen LogP contribution is 2.60. The van der Waals surface area contributed by atoms with Crippen LogP contribution >= 0.6 is 15.9 Å². The van der Waals surface area contributed by atoms with Crippen molar-refractivity contribution < 1.29 is 29.0 Å². The molecule has 3 aromatic carbocycles. The predicted molar refractivity (Wildman–Crippen MR) is 185 cm³/mol. The van der Waals surface area contributed by atoms with E-state index >= 15 is 0 Å². The van der Waals surface area contributed by atoms with Crippen molar-refractivity contribution >= 4 is 53.1 Å². The molecule has 3 aliphatic heterocycles. The molecule has 250 valence electrons. The molecule has 0 radical (unpaired) electrons. The number of para-hydroxylation sites is 2. The first-order valence-electron chi connectivity index (χ1n) is 16.2. The summed E-state index contributed by atoms with van der Waals surface area (Å²) in [6.45, 7) is 6.54. The number of hydrogen-bond donors (Lipinski definition) is 2. The van der Waals surface area contributed by atoms with Crippen LogP contribution in [0.25, 0.3) is 0 Å². The van der Waals surface area contributed by atoms with Crippen LogP contribution in [-0.4, -0.2) is 64.3 Å². The Morgan fingerprint density at radius 2 is 1.88 bits per heavy atom. The molecule has 4 atom stereocenters. The number of nitrogens with zero attached hydrogens (tertiary/aromatic N) is 5. The van der Waals surface area contributed by atoms with Crippen molar-refractivity contribution in [2.24, 2.45) is 5.92 Å². The van der Waals surface area contributed by atoms with E-state index in [9.17, 15) is 19.5 Å². The number of benzene rings is 3. The number of carbonyl (C=O) groups excluding carboxylic acids is 2. The number of hydrogen-bond acceptors (Lipinski definition) is 8. The first kappa shape index (κ1) is 32.7. The number of carbonyl (C=O) groups is 2. The van der Waals surface area contributed by atoms with Crippen LogP contribution in [0.5, 0.6) is 5.75 Å². The average molecular weight is 733 g/mol. The second kappa shape index (κ2) is 12.5. The Hall–Kier alpha value is -3.88. The molecular weight excluding hydrogens is 694 g/mol. The molecule has 13 heteroatoms. The Morgan fingerprint density at radius 3 is 2.67 bits per heavy atom. The van der Waals surface area contributed by atoms with Crippen LogP contribution < -0.4 is 14.5 Å². The molecule has 48 heavy (non-hydrogen) atoms. The summed E-state index contributed by atoms with van der Waals surface area (Å²) < 4.78 is 15.2. The zero-order valence-electron chi connectivity index (χ0n) is 27.0. The van der Waals surface area contributed by atoms with E-state index in [1.165, 1.54) is 0 Å². The van der Waals surface area contributed by atoms with E-state index in [-0.39, 0.29) is 43.0 Å². The van der Waals surface area contributed by atoms with Gasteiger partial charge in [-0.1, -0.05) is 52.3 Å². The summed E-state index contributed by atoms with van der Waals surface area (Å²) in [4.78, 5) is 43.0. The molecule has 2 N–H and O–H groups in total. The fourth-order valence-electron chi connectivity index (χ4n) is 7.77. The van der Waals surface area contributed by atoms with Gasteiger partial charge in [0.05, 0.1) is 29.7 Å². The van der Waals surface area contributed by atoms with E-state index in [2.05, 4.69) is 26.2 Å². The second-order valence-electron chi connectivity index (χ2n) is 13.3. The van der Waals surface area contributed by atoms with Gasteiger partial charge in [0.25, 0.3) is 11.8 Å². The molecule has 11 nitrogen and oxygen atoms in total. The number of rotatable bonds is 9. The fourth-order valence-corrected chi connectivity index (χ4v) is 10.7. The predicted octanol–water partition coefficient (Wildman–Crippen LogP) is 5.07. The Kier molecular flexibility index (Phi) is 8.53. The Balaban J connectivity index is 1.21. The minimum atomic E-state index is -2.85. The Bertz CT molecular complexity index is 1880. The lowest BCUT2D eigenvalue weighted by atomic mass is 9.82. The summed E-state index contributed by atoms with van der Waals surface area (Å²) in [5.41, 5.74) is 2.94. The maximum Gasteiger partial charge on any atom is 0.269 e. The number of aromatic nitrogens is 3. The van der Waals surface area contributed by atoms with Gasteiger partial charge in [0, 0.05) is 53.0 Å². The highest BCUT2D eigenvalue weighted by molar-refractivity contribution is 9.10. The number of ether oxygens (including phenoxy) is 2. The van der Waals surface area contributed by atoms with Crippen LogP contribution in [-0.2, 0) is 39.4 Å². The zero-order chi connectivity index (χ0) is 33.8. The van der Waals surface area contributed by atoms with Crippen molar-refractivity contribution in [3.63, 3.8) is 0 Å². The van der Waals surface area contributed by atoms with E-state index in [1.807, 2.05) is 92.9 Å². The van der Waals surface area contributed by atoms with Gasteiger partial charge in [0.2, 0.25) is 0 Å². The maximum atomic E-state index is 14.9. The molecule has 0 aliphatic carbocycles. The van der Waals surface area contributed by atoms with Gasteiger partial charge in [0.15, 0.2) is 20.5 Å². The summed E-state index contributed by atoms with van der Waals surface area (Å²) in [5.74, 6) is -0.0130. The van der Waals surface area contributed by atoms with E-state index in [1.54, 1.807) is 14.5 Å². The summed E-state index contributed by atoms with van der Waals surface area (Å²) in [5, 5.41) is 17.6. The number of aryl methyl sites for hydroxylation is 1. The normalized spacial score (nSPS) is 23.5. The van der Waals surface area contributed by atoms with Gasteiger partial charge in [-0.15, -0.1) is 5.10 Å². The molecular formula is C35H38BrN5O6Si. The molecule has 1 fully saturated rings. The number of aliphatic hydroxyl groups excluding tert-OH is 1. The third-order valence-electron chi connectivity index (χ3n) is 9.76. The molecule has 7 rings (SSSR count). The van der Waals surface area contributed by atoms with Gasteiger partial charge >= 0.3 is 0 Å². The van der Waals surface area contributed by atoms with Crippen molar-refractivity contribution in [3.05, 3.63) is 94.2 Å².